The molecule has 0 saturated heterocycles. The van der Waals surface area contributed by atoms with Crippen LogP contribution in [-0.4, -0.2) is 30.0 Å². The molecule has 0 spiro atoms. The van der Waals surface area contributed by atoms with Gasteiger partial charge in [-0.2, -0.15) is 8.75 Å². The number of carbonyl (C=O) groups excluding carboxylic acids is 1. The number of benzene rings is 2. The van der Waals surface area contributed by atoms with Crippen LogP contribution < -0.4 is 5.32 Å². The summed E-state index contributed by atoms with van der Waals surface area (Å²) in [6.07, 6.45) is 3.62. The fourth-order valence-corrected chi connectivity index (χ4v) is 3.73. The highest BCUT2D eigenvalue weighted by Crippen LogP contribution is 2.23. The van der Waals surface area contributed by atoms with Gasteiger partial charge in [-0.3, -0.25) is 9.36 Å². The zero-order chi connectivity index (χ0) is 17.1. The SMILES string of the molecule is O=C(CSc1nccn1-c1ccccc1)Nc1cccc2nsnc12. The first-order valence-electron chi connectivity index (χ1n) is 7.54. The van der Waals surface area contributed by atoms with Crippen LogP contribution in [0, 0.1) is 0 Å². The fraction of sp³-hybridized carbons (Fsp3) is 0.0588. The van der Waals surface area contributed by atoms with E-state index < -0.39 is 0 Å². The molecule has 0 saturated carbocycles. The molecular weight excluding hydrogens is 354 g/mol. The molecule has 1 N–H and O–H groups in total. The third kappa shape index (κ3) is 3.40. The van der Waals surface area contributed by atoms with Gasteiger partial charge in [-0.25, -0.2) is 4.98 Å². The van der Waals surface area contributed by atoms with Crippen molar-refractivity contribution in [2.75, 3.05) is 11.1 Å². The van der Waals surface area contributed by atoms with Gasteiger partial charge in [0.15, 0.2) is 5.16 Å². The minimum Gasteiger partial charge on any atom is -0.323 e. The maximum Gasteiger partial charge on any atom is 0.234 e. The monoisotopic (exact) mass is 367 g/mol. The van der Waals surface area contributed by atoms with E-state index in [1.54, 1.807) is 6.20 Å². The summed E-state index contributed by atoms with van der Waals surface area (Å²) in [6, 6.07) is 15.5. The molecule has 0 bridgehead atoms. The van der Waals surface area contributed by atoms with E-state index in [1.165, 1.54) is 11.8 Å². The second kappa shape index (κ2) is 7.04. The Kier molecular flexibility index (Phi) is 4.45. The third-order valence-electron chi connectivity index (χ3n) is 3.53. The molecule has 25 heavy (non-hydrogen) atoms. The van der Waals surface area contributed by atoms with E-state index in [2.05, 4.69) is 19.0 Å². The number of thioether (sulfide) groups is 1. The number of nitrogens with one attached hydrogen (secondary N) is 1. The van der Waals surface area contributed by atoms with Gasteiger partial charge >= 0.3 is 0 Å². The minimum absolute atomic E-state index is 0.104. The second-order valence-electron chi connectivity index (χ2n) is 5.19. The Morgan fingerprint density at radius 3 is 2.88 bits per heavy atom. The number of aromatic nitrogens is 4. The van der Waals surface area contributed by atoms with Crippen LogP contribution in [-0.2, 0) is 4.79 Å². The van der Waals surface area contributed by atoms with Crippen LogP contribution >= 0.6 is 23.5 Å². The zero-order valence-corrected chi connectivity index (χ0v) is 14.6. The van der Waals surface area contributed by atoms with Crippen molar-refractivity contribution >= 4 is 46.1 Å². The van der Waals surface area contributed by atoms with Crippen molar-refractivity contribution in [1.29, 1.82) is 0 Å². The number of hydrogen-bond acceptors (Lipinski definition) is 6. The molecule has 0 unspecified atom stereocenters. The zero-order valence-electron chi connectivity index (χ0n) is 13.0. The second-order valence-corrected chi connectivity index (χ2v) is 6.66. The van der Waals surface area contributed by atoms with Gasteiger partial charge < -0.3 is 5.32 Å². The molecule has 2 aromatic carbocycles. The molecular formula is C17H13N5OS2. The predicted octanol–water partition coefficient (Wildman–Crippen LogP) is 3.61. The van der Waals surface area contributed by atoms with E-state index in [0.29, 0.717) is 5.69 Å². The Morgan fingerprint density at radius 1 is 1.12 bits per heavy atom. The van der Waals surface area contributed by atoms with Gasteiger partial charge in [0.2, 0.25) is 5.91 Å². The van der Waals surface area contributed by atoms with Crippen LogP contribution in [0.2, 0.25) is 0 Å². The molecule has 4 aromatic rings. The predicted molar refractivity (Wildman–Crippen MR) is 100 cm³/mol. The van der Waals surface area contributed by atoms with Crippen molar-refractivity contribution in [3.63, 3.8) is 0 Å². The topological polar surface area (TPSA) is 72.7 Å². The molecule has 0 atom stereocenters. The minimum atomic E-state index is -0.104. The number of rotatable bonds is 5. The summed E-state index contributed by atoms with van der Waals surface area (Å²) in [7, 11) is 0. The normalized spacial score (nSPS) is 10.9. The molecule has 2 heterocycles. The molecule has 0 aliphatic carbocycles. The number of fused-ring (bicyclic) bond motifs is 1. The molecule has 4 rings (SSSR count). The van der Waals surface area contributed by atoms with Crippen molar-refractivity contribution in [2.24, 2.45) is 0 Å². The van der Waals surface area contributed by atoms with Gasteiger partial charge in [-0.15, -0.1) is 0 Å². The van der Waals surface area contributed by atoms with Crippen molar-refractivity contribution in [2.45, 2.75) is 5.16 Å². The Morgan fingerprint density at radius 2 is 2.00 bits per heavy atom. The lowest BCUT2D eigenvalue weighted by Crippen LogP contribution is -2.14. The Bertz CT molecular complexity index is 1010. The van der Waals surface area contributed by atoms with E-state index in [4.69, 9.17) is 0 Å². The summed E-state index contributed by atoms with van der Waals surface area (Å²) in [5, 5.41) is 3.67. The van der Waals surface area contributed by atoms with Crippen LogP contribution in [0.3, 0.4) is 0 Å². The lowest BCUT2D eigenvalue weighted by Gasteiger charge is -2.08. The first-order chi connectivity index (χ1) is 12.3. The van der Waals surface area contributed by atoms with Gasteiger partial charge in [0.05, 0.1) is 23.2 Å². The number of imidazole rings is 1. The van der Waals surface area contributed by atoms with Crippen LogP contribution in [0.15, 0.2) is 66.1 Å². The summed E-state index contributed by atoms with van der Waals surface area (Å²) in [4.78, 5) is 16.6. The molecule has 2 aromatic heterocycles. The average molecular weight is 367 g/mol. The lowest BCUT2D eigenvalue weighted by molar-refractivity contribution is -0.113. The quantitative estimate of drug-likeness (QED) is 0.546. The van der Waals surface area contributed by atoms with Gasteiger partial charge in [0.25, 0.3) is 0 Å². The van der Waals surface area contributed by atoms with Crippen LogP contribution in [0.4, 0.5) is 5.69 Å². The Hall–Kier alpha value is -2.71. The molecule has 6 nitrogen and oxygen atoms in total. The standard InChI is InChI=1S/C17H13N5OS2/c23-15(19-13-7-4-8-14-16(13)21-25-20-14)11-24-17-18-9-10-22(17)12-5-2-1-3-6-12/h1-10H,11H2,(H,19,23). The smallest absolute Gasteiger partial charge is 0.234 e. The largest absolute Gasteiger partial charge is 0.323 e. The van der Waals surface area contributed by atoms with Gasteiger partial charge in [0.1, 0.15) is 11.0 Å². The van der Waals surface area contributed by atoms with Gasteiger partial charge in [-0.1, -0.05) is 36.0 Å². The van der Waals surface area contributed by atoms with Gasteiger partial charge in [0, 0.05) is 18.1 Å². The van der Waals surface area contributed by atoms with E-state index in [-0.39, 0.29) is 11.7 Å². The summed E-state index contributed by atoms with van der Waals surface area (Å²) in [6.45, 7) is 0. The number of hydrogen-bond donors (Lipinski definition) is 1. The lowest BCUT2D eigenvalue weighted by atomic mass is 10.2. The maximum atomic E-state index is 12.3. The summed E-state index contributed by atoms with van der Waals surface area (Å²) < 4.78 is 10.4. The number of nitrogens with zero attached hydrogens (tertiary/aromatic N) is 4. The summed E-state index contributed by atoms with van der Waals surface area (Å²) in [5.74, 6) is 0.158. The molecule has 0 radical (unpaired) electrons. The van der Waals surface area contributed by atoms with Crippen LogP contribution in [0.5, 0.6) is 0 Å². The molecule has 124 valence electrons. The number of para-hydroxylation sites is 1. The van der Waals surface area contributed by atoms with E-state index >= 15 is 0 Å². The molecule has 8 heteroatoms. The van der Waals surface area contributed by atoms with Crippen molar-refractivity contribution in [1.82, 2.24) is 18.3 Å². The molecule has 0 aliphatic heterocycles. The van der Waals surface area contributed by atoms with E-state index in [1.807, 2.05) is 59.3 Å². The number of carbonyl (C=O) groups is 1. The van der Waals surface area contributed by atoms with E-state index in [9.17, 15) is 4.79 Å². The highest BCUT2D eigenvalue weighted by atomic mass is 32.2. The average Bonchev–Trinajstić information content (AvgIpc) is 3.30. The Balaban J connectivity index is 1.45. The Labute approximate surface area is 152 Å². The molecule has 0 aliphatic rings. The third-order valence-corrected chi connectivity index (χ3v) is 5.04. The van der Waals surface area contributed by atoms with Crippen molar-refractivity contribution in [3.8, 4) is 5.69 Å². The van der Waals surface area contributed by atoms with Crippen LogP contribution in [0.25, 0.3) is 16.7 Å². The first-order valence-corrected chi connectivity index (χ1v) is 9.25. The van der Waals surface area contributed by atoms with Crippen molar-refractivity contribution < 1.29 is 4.79 Å². The van der Waals surface area contributed by atoms with Crippen molar-refractivity contribution in [3.05, 3.63) is 60.9 Å². The molecule has 1 amide bonds. The summed E-state index contributed by atoms with van der Waals surface area (Å²) in [5.41, 5.74) is 3.20. The highest BCUT2D eigenvalue weighted by Gasteiger charge is 2.11. The maximum absolute atomic E-state index is 12.3. The summed E-state index contributed by atoms with van der Waals surface area (Å²) >= 11 is 2.52. The number of anilines is 1. The molecule has 0 fully saturated rings. The highest BCUT2D eigenvalue weighted by molar-refractivity contribution is 7.99. The van der Waals surface area contributed by atoms with E-state index in [0.717, 1.165) is 33.6 Å². The fourth-order valence-electron chi connectivity index (χ4n) is 2.41. The van der Waals surface area contributed by atoms with Gasteiger partial charge in [-0.05, 0) is 24.3 Å². The number of amides is 1. The van der Waals surface area contributed by atoms with Crippen LogP contribution in [0.1, 0.15) is 0 Å². The first kappa shape index (κ1) is 15.8.